The third-order valence-electron chi connectivity index (χ3n) is 3.48. The van der Waals surface area contributed by atoms with E-state index in [0.717, 1.165) is 0 Å². The summed E-state index contributed by atoms with van der Waals surface area (Å²) in [7, 11) is -4.21. The molecular formula is C13H12N6O4S. The number of aryl methyl sites for hydroxylation is 1. The van der Waals surface area contributed by atoms with Gasteiger partial charge in [-0.2, -0.15) is 13.4 Å². The second kappa shape index (κ2) is 5.53. The van der Waals surface area contributed by atoms with Gasteiger partial charge in [0.2, 0.25) is 0 Å². The van der Waals surface area contributed by atoms with E-state index < -0.39 is 20.1 Å². The summed E-state index contributed by atoms with van der Waals surface area (Å²) in [5.74, 6) is 0.105. The van der Waals surface area contributed by atoms with Gasteiger partial charge in [-0.15, -0.1) is 5.10 Å². The molecule has 0 aliphatic heterocycles. The summed E-state index contributed by atoms with van der Waals surface area (Å²) >= 11 is 0. The summed E-state index contributed by atoms with van der Waals surface area (Å²) in [5.41, 5.74) is 0.716. The van der Waals surface area contributed by atoms with E-state index in [-0.39, 0.29) is 17.2 Å². The monoisotopic (exact) mass is 348 g/mol. The van der Waals surface area contributed by atoms with Crippen LogP contribution in [0.15, 0.2) is 35.7 Å². The van der Waals surface area contributed by atoms with Crippen molar-refractivity contribution in [1.82, 2.24) is 19.6 Å². The van der Waals surface area contributed by atoms with Gasteiger partial charge >= 0.3 is 0 Å². The largest absolute Gasteiger partial charge is 0.299 e. The molecule has 0 saturated heterocycles. The maximum Gasteiger partial charge on any atom is 0.299 e. The third-order valence-corrected chi connectivity index (χ3v) is 4.61. The van der Waals surface area contributed by atoms with Gasteiger partial charge in [-0.25, -0.2) is 9.50 Å². The molecule has 11 heteroatoms. The van der Waals surface area contributed by atoms with Gasteiger partial charge in [0, 0.05) is 18.5 Å². The lowest BCUT2D eigenvalue weighted by Crippen LogP contribution is -2.17. The first-order chi connectivity index (χ1) is 11.3. The molecule has 1 N–H and O–H groups in total. The van der Waals surface area contributed by atoms with E-state index in [1.165, 1.54) is 23.0 Å². The number of aromatic nitrogens is 4. The summed E-state index contributed by atoms with van der Waals surface area (Å²) in [6.45, 7) is 3.32. The fourth-order valence-electron chi connectivity index (χ4n) is 2.09. The second-order valence-corrected chi connectivity index (χ2v) is 6.60. The molecule has 3 aromatic rings. The molecule has 124 valence electrons. The van der Waals surface area contributed by atoms with Gasteiger partial charge in [0.05, 0.1) is 4.92 Å². The first-order valence-corrected chi connectivity index (χ1v) is 8.23. The van der Waals surface area contributed by atoms with Crippen molar-refractivity contribution in [1.29, 1.82) is 0 Å². The number of nitro benzene ring substituents is 1. The maximum absolute atomic E-state index is 12.5. The lowest BCUT2D eigenvalue weighted by Gasteiger charge is -2.10. The van der Waals surface area contributed by atoms with E-state index in [0.29, 0.717) is 11.1 Å². The van der Waals surface area contributed by atoms with Crippen LogP contribution in [0.4, 0.5) is 11.4 Å². The van der Waals surface area contributed by atoms with Crippen LogP contribution in [0.5, 0.6) is 0 Å². The van der Waals surface area contributed by atoms with Crippen molar-refractivity contribution < 1.29 is 13.3 Å². The summed E-state index contributed by atoms with van der Waals surface area (Å²) in [4.78, 5) is 18.2. The molecular weight excluding hydrogens is 336 g/mol. The van der Waals surface area contributed by atoms with Gasteiger partial charge in [-0.05, 0) is 31.0 Å². The van der Waals surface area contributed by atoms with Crippen LogP contribution in [-0.4, -0.2) is 32.9 Å². The minimum absolute atomic E-state index is 0.105. The predicted molar refractivity (Wildman–Crippen MR) is 84.2 cm³/mol. The summed E-state index contributed by atoms with van der Waals surface area (Å²) < 4.78 is 28.4. The van der Waals surface area contributed by atoms with Crippen LogP contribution in [0, 0.1) is 24.0 Å². The molecule has 0 spiro atoms. The molecule has 0 saturated carbocycles. The van der Waals surface area contributed by atoms with Crippen LogP contribution in [0.1, 0.15) is 11.1 Å². The fraction of sp³-hybridized carbons (Fsp3) is 0.154. The highest BCUT2D eigenvalue weighted by atomic mass is 32.2. The molecule has 0 unspecified atom stereocenters. The molecule has 0 amide bonds. The lowest BCUT2D eigenvalue weighted by molar-refractivity contribution is -0.383. The van der Waals surface area contributed by atoms with Gasteiger partial charge in [0.15, 0.2) is 0 Å². The Bertz CT molecular complexity index is 1030. The number of rotatable bonds is 4. The van der Waals surface area contributed by atoms with Crippen molar-refractivity contribution >= 4 is 27.2 Å². The van der Waals surface area contributed by atoms with Crippen LogP contribution >= 0.6 is 0 Å². The molecule has 0 aliphatic rings. The molecule has 0 atom stereocenters. The normalized spacial score (nSPS) is 11.6. The van der Waals surface area contributed by atoms with Gasteiger partial charge < -0.3 is 0 Å². The van der Waals surface area contributed by atoms with Crippen LogP contribution in [0.2, 0.25) is 0 Å². The Morgan fingerprint density at radius 3 is 2.71 bits per heavy atom. The first-order valence-electron chi connectivity index (χ1n) is 6.74. The SMILES string of the molecule is Cc1ccc([N+](=O)[O-])c(NS(=O)(=O)c2nc3ncccn3n2)c1C. The van der Waals surface area contributed by atoms with E-state index in [2.05, 4.69) is 19.8 Å². The van der Waals surface area contributed by atoms with Crippen molar-refractivity contribution in [2.24, 2.45) is 0 Å². The molecule has 0 bridgehead atoms. The van der Waals surface area contributed by atoms with Crippen molar-refractivity contribution in [3.05, 3.63) is 51.8 Å². The van der Waals surface area contributed by atoms with Crippen LogP contribution in [0.3, 0.4) is 0 Å². The molecule has 0 fully saturated rings. The Labute approximate surface area is 136 Å². The van der Waals surface area contributed by atoms with E-state index in [9.17, 15) is 18.5 Å². The number of nitro groups is 1. The highest BCUT2D eigenvalue weighted by Gasteiger charge is 2.26. The zero-order valence-electron chi connectivity index (χ0n) is 12.7. The van der Waals surface area contributed by atoms with E-state index >= 15 is 0 Å². The standard InChI is InChI=1S/C13H12N6O4S/c1-8-4-5-10(19(20)21)11(9(8)2)17-24(22,23)13-15-12-14-6-3-7-18(12)16-13/h3-7,17H,1-2H3. The molecule has 0 aliphatic carbocycles. The Morgan fingerprint density at radius 1 is 1.29 bits per heavy atom. The van der Waals surface area contributed by atoms with Gasteiger partial charge in [-0.1, -0.05) is 6.07 Å². The zero-order chi connectivity index (χ0) is 17.5. The number of benzene rings is 1. The second-order valence-electron chi connectivity index (χ2n) is 5.02. The molecule has 1 aromatic carbocycles. The number of anilines is 1. The summed E-state index contributed by atoms with van der Waals surface area (Å²) in [6, 6.07) is 4.37. The van der Waals surface area contributed by atoms with Crippen LogP contribution < -0.4 is 4.72 Å². The Morgan fingerprint density at radius 2 is 2.04 bits per heavy atom. The number of hydrogen-bond acceptors (Lipinski definition) is 7. The quantitative estimate of drug-likeness (QED) is 0.557. The molecule has 0 radical (unpaired) electrons. The van der Waals surface area contributed by atoms with Crippen LogP contribution in [0.25, 0.3) is 5.78 Å². The first kappa shape index (κ1) is 15.8. The Hall–Kier alpha value is -3.08. The molecule has 24 heavy (non-hydrogen) atoms. The Balaban J connectivity index is 2.10. The van der Waals surface area contributed by atoms with Crippen molar-refractivity contribution in [2.75, 3.05) is 4.72 Å². The summed E-state index contributed by atoms with van der Waals surface area (Å²) in [5, 5.41) is 14.5. The topological polar surface area (TPSA) is 132 Å². The smallest absolute Gasteiger partial charge is 0.270 e. The predicted octanol–water partition coefficient (Wildman–Crippen LogP) is 1.45. The van der Waals surface area contributed by atoms with Crippen molar-refractivity contribution in [3.8, 4) is 0 Å². The average molecular weight is 348 g/mol. The third kappa shape index (κ3) is 2.65. The van der Waals surface area contributed by atoms with E-state index in [4.69, 9.17) is 0 Å². The lowest BCUT2D eigenvalue weighted by atomic mass is 10.1. The number of fused-ring (bicyclic) bond motifs is 1. The Kier molecular flexibility index (Phi) is 3.64. The minimum Gasteiger partial charge on any atom is -0.270 e. The fourth-order valence-corrected chi connectivity index (χ4v) is 3.11. The number of sulfonamides is 1. The van der Waals surface area contributed by atoms with Crippen molar-refractivity contribution in [3.63, 3.8) is 0 Å². The average Bonchev–Trinajstić information content (AvgIpc) is 2.96. The molecule has 10 nitrogen and oxygen atoms in total. The molecule has 2 heterocycles. The maximum atomic E-state index is 12.5. The highest BCUT2D eigenvalue weighted by Crippen LogP contribution is 2.31. The van der Waals surface area contributed by atoms with E-state index in [1.807, 2.05) is 0 Å². The van der Waals surface area contributed by atoms with Crippen LogP contribution in [-0.2, 0) is 10.0 Å². The van der Waals surface area contributed by atoms with Gasteiger partial charge in [0.25, 0.3) is 26.6 Å². The highest BCUT2D eigenvalue weighted by molar-refractivity contribution is 7.92. The van der Waals surface area contributed by atoms with Gasteiger partial charge in [-0.3, -0.25) is 14.8 Å². The summed E-state index contributed by atoms with van der Waals surface area (Å²) in [6.07, 6.45) is 2.94. The molecule has 2 aromatic heterocycles. The van der Waals surface area contributed by atoms with Crippen molar-refractivity contribution in [2.45, 2.75) is 19.0 Å². The number of nitrogens with zero attached hydrogens (tertiary/aromatic N) is 5. The van der Waals surface area contributed by atoms with E-state index in [1.54, 1.807) is 26.0 Å². The van der Waals surface area contributed by atoms with Gasteiger partial charge in [0.1, 0.15) is 5.69 Å². The minimum atomic E-state index is -4.21. The number of nitrogens with one attached hydrogen (secondary N) is 1. The molecule has 3 rings (SSSR count). The zero-order valence-corrected chi connectivity index (χ0v) is 13.5. The number of hydrogen-bond donors (Lipinski definition) is 1.